The molecular weight excluding hydrogens is 178 g/mol. The zero-order chi connectivity index (χ0) is 10.6. The third kappa shape index (κ3) is 3.29. The molecule has 0 aromatic rings. The molecule has 1 aliphatic heterocycles. The molecule has 1 heterocycles. The lowest BCUT2D eigenvalue weighted by Crippen LogP contribution is -2.40. The highest BCUT2D eigenvalue weighted by atomic mass is 16.5. The molecule has 0 aromatic carbocycles. The van der Waals surface area contributed by atoms with Crippen molar-refractivity contribution < 1.29 is 9.53 Å². The lowest BCUT2D eigenvalue weighted by molar-refractivity contribution is -0.153. The number of hydrogen-bond donors (Lipinski definition) is 1. The van der Waals surface area contributed by atoms with Gasteiger partial charge in [-0.25, -0.2) is 0 Å². The van der Waals surface area contributed by atoms with Gasteiger partial charge in [0.2, 0.25) is 0 Å². The predicted molar refractivity (Wildman–Crippen MR) is 56.0 cm³/mol. The van der Waals surface area contributed by atoms with Crippen LogP contribution in [0.3, 0.4) is 0 Å². The second kappa shape index (κ2) is 5.35. The number of esters is 1. The molecule has 0 aliphatic carbocycles. The van der Waals surface area contributed by atoms with E-state index in [1.54, 1.807) is 0 Å². The van der Waals surface area contributed by atoms with Crippen molar-refractivity contribution in [3.63, 3.8) is 0 Å². The van der Waals surface area contributed by atoms with Gasteiger partial charge in [0.05, 0.1) is 12.0 Å². The summed E-state index contributed by atoms with van der Waals surface area (Å²) in [6.45, 7) is 6.89. The molecule has 0 spiro atoms. The van der Waals surface area contributed by atoms with E-state index in [0.29, 0.717) is 6.04 Å². The van der Waals surface area contributed by atoms with Crippen LogP contribution in [0.5, 0.6) is 0 Å². The number of hydrogen-bond acceptors (Lipinski definition) is 3. The number of piperidine rings is 1. The van der Waals surface area contributed by atoms with Crippen LogP contribution in [0.2, 0.25) is 0 Å². The predicted octanol–water partition coefficient (Wildman–Crippen LogP) is 1.72. The molecule has 0 bridgehead atoms. The number of ether oxygens (including phenoxy) is 1. The van der Waals surface area contributed by atoms with Gasteiger partial charge in [-0.05, 0) is 39.7 Å². The van der Waals surface area contributed by atoms with E-state index >= 15 is 0 Å². The Bertz CT molecular complexity index is 192. The van der Waals surface area contributed by atoms with Crippen molar-refractivity contribution in [2.45, 2.75) is 52.2 Å². The zero-order valence-electron chi connectivity index (χ0n) is 9.38. The fourth-order valence-electron chi connectivity index (χ4n) is 1.86. The molecule has 3 nitrogen and oxygen atoms in total. The van der Waals surface area contributed by atoms with Crippen LogP contribution in [0.25, 0.3) is 0 Å². The van der Waals surface area contributed by atoms with Gasteiger partial charge in [-0.15, -0.1) is 0 Å². The monoisotopic (exact) mass is 199 g/mol. The van der Waals surface area contributed by atoms with Gasteiger partial charge in [-0.1, -0.05) is 6.92 Å². The molecule has 0 saturated carbocycles. The summed E-state index contributed by atoms with van der Waals surface area (Å²) < 4.78 is 5.22. The molecule has 0 radical (unpaired) electrons. The van der Waals surface area contributed by atoms with Crippen molar-refractivity contribution in [2.24, 2.45) is 5.92 Å². The number of carbonyl (C=O) groups excluding carboxylic acids is 1. The zero-order valence-corrected chi connectivity index (χ0v) is 9.38. The molecule has 3 heteroatoms. The topological polar surface area (TPSA) is 38.3 Å². The summed E-state index contributed by atoms with van der Waals surface area (Å²) in [5.41, 5.74) is 0. The third-order valence-electron chi connectivity index (χ3n) is 2.67. The Morgan fingerprint density at radius 1 is 1.57 bits per heavy atom. The average Bonchev–Trinajstić information content (AvgIpc) is 2.17. The molecule has 0 aromatic heterocycles. The summed E-state index contributed by atoms with van der Waals surface area (Å²) in [6.07, 6.45) is 2.95. The second-order valence-electron chi connectivity index (χ2n) is 4.27. The third-order valence-corrected chi connectivity index (χ3v) is 2.67. The maximum Gasteiger partial charge on any atom is 0.309 e. The fourth-order valence-corrected chi connectivity index (χ4v) is 1.86. The molecule has 1 N–H and O–H groups in total. The summed E-state index contributed by atoms with van der Waals surface area (Å²) in [4.78, 5) is 11.6. The van der Waals surface area contributed by atoms with Crippen molar-refractivity contribution in [1.82, 2.24) is 5.32 Å². The minimum absolute atomic E-state index is 0.0115. The maximum atomic E-state index is 11.6. The molecule has 1 rings (SSSR count). The van der Waals surface area contributed by atoms with Crippen LogP contribution in [0, 0.1) is 5.92 Å². The molecule has 2 atom stereocenters. The highest BCUT2D eigenvalue weighted by molar-refractivity contribution is 5.72. The quantitative estimate of drug-likeness (QED) is 0.703. The molecule has 1 saturated heterocycles. The van der Waals surface area contributed by atoms with Crippen molar-refractivity contribution in [2.75, 3.05) is 6.54 Å². The Morgan fingerprint density at radius 3 is 2.86 bits per heavy atom. The summed E-state index contributed by atoms with van der Waals surface area (Å²) in [5.74, 6) is 0.101. The second-order valence-corrected chi connectivity index (χ2v) is 4.27. The Balaban J connectivity index is 2.39. The Hall–Kier alpha value is -0.570. The first kappa shape index (κ1) is 11.5. The molecule has 0 amide bonds. The van der Waals surface area contributed by atoms with E-state index in [2.05, 4.69) is 12.2 Å². The number of rotatable bonds is 3. The van der Waals surface area contributed by atoms with Gasteiger partial charge < -0.3 is 10.1 Å². The smallest absolute Gasteiger partial charge is 0.309 e. The summed E-state index contributed by atoms with van der Waals surface area (Å²) in [7, 11) is 0. The van der Waals surface area contributed by atoms with Crippen LogP contribution in [-0.4, -0.2) is 24.7 Å². The Kier molecular flexibility index (Phi) is 4.39. The van der Waals surface area contributed by atoms with Crippen molar-refractivity contribution in [3.8, 4) is 0 Å². The van der Waals surface area contributed by atoms with Gasteiger partial charge in [-0.3, -0.25) is 4.79 Å². The standard InChI is InChI=1S/C11H21NO2/c1-4-10-7-9(5-6-12-10)11(13)14-8(2)3/h8-10,12H,4-7H2,1-3H3/t9-,10-/m1/s1. The van der Waals surface area contributed by atoms with Gasteiger partial charge in [0.25, 0.3) is 0 Å². The highest BCUT2D eigenvalue weighted by Crippen LogP contribution is 2.19. The van der Waals surface area contributed by atoms with Crippen LogP contribution >= 0.6 is 0 Å². The summed E-state index contributed by atoms with van der Waals surface area (Å²) in [5, 5.41) is 3.40. The van der Waals surface area contributed by atoms with E-state index in [9.17, 15) is 4.79 Å². The minimum Gasteiger partial charge on any atom is -0.463 e. The Labute approximate surface area is 86.2 Å². The van der Waals surface area contributed by atoms with E-state index in [1.807, 2.05) is 13.8 Å². The van der Waals surface area contributed by atoms with Gasteiger partial charge in [0.1, 0.15) is 0 Å². The van der Waals surface area contributed by atoms with Crippen LogP contribution in [0.15, 0.2) is 0 Å². The van der Waals surface area contributed by atoms with Crippen LogP contribution in [-0.2, 0) is 9.53 Å². The van der Waals surface area contributed by atoms with E-state index in [0.717, 1.165) is 25.8 Å². The van der Waals surface area contributed by atoms with Crippen LogP contribution < -0.4 is 5.32 Å². The van der Waals surface area contributed by atoms with Crippen molar-refractivity contribution in [1.29, 1.82) is 0 Å². The lowest BCUT2D eigenvalue weighted by Gasteiger charge is -2.28. The number of carbonyl (C=O) groups is 1. The minimum atomic E-state index is -0.0139. The molecule has 14 heavy (non-hydrogen) atoms. The first-order chi connectivity index (χ1) is 6.63. The van der Waals surface area contributed by atoms with Crippen molar-refractivity contribution in [3.05, 3.63) is 0 Å². The van der Waals surface area contributed by atoms with Crippen molar-refractivity contribution >= 4 is 5.97 Å². The van der Waals surface area contributed by atoms with E-state index in [4.69, 9.17) is 4.74 Å². The summed E-state index contributed by atoms with van der Waals surface area (Å²) >= 11 is 0. The van der Waals surface area contributed by atoms with Gasteiger partial charge in [0.15, 0.2) is 0 Å². The molecular formula is C11H21NO2. The SMILES string of the molecule is CC[C@@H]1C[C@H](C(=O)OC(C)C)CCN1. The lowest BCUT2D eigenvalue weighted by atomic mass is 9.91. The van der Waals surface area contributed by atoms with E-state index < -0.39 is 0 Å². The van der Waals surface area contributed by atoms with Crippen LogP contribution in [0.1, 0.15) is 40.0 Å². The van der Waals surface area contributed by atoms with Gasteiger partial charge >= 0.3 is 5.97 Å². The highest BCUT2D eigenvalue weighted by Gasteiger charge is 2.27. The van der Waals surface area contributed by atoms with E-state index in [-0.39, 0.29) is 18.0 Å². The first-order valence-electron chi connectivity index (χ1n) is 5.57. The van der Waals surface area contributed by atoms with Crippen LogP contribution in [0.4, 0.5) is 0 Å². The average molecular weight is 199 g/mol. The normalized spacial score (nSPS) is 27.7. The fraction of sp³-hybridized carbons (Fsp3) is 0.909. The summed E-state index contributed by atoms with van der Waals surface area (Å²) in [6, 6.07) is 0.494. The molecule has 82 valence electrons. The Morgan fingerprint density at radius 2 is 2.29 bits per heavy atom. The molecule has 1 fully saturated rings. The van der Waals surface area contributed by atoms with Gasteiger partial charge in [-0.2, -0.15) is 0 Å². The van der Waals surface area contributed by atoms with Gasteiger partial charge in [0, 0.05) is 6.04 Å². The molecule has 1 aliphatic rings. The first-order valence-corrected chi connectivity index (χ1v) is 5.57. The largest absolute Gasteiger partial charge is 0.463 e. The number of nitrogens with one attached hydrogen (secondary N) is 1. The maximum absolute atomic E-state index is 11.6. The van der Waals surface area contributed by atoms with E-state index in [1.165, 1.54) is 0 Å². The molecule has 0 unspecified atom stereocenters.